The molecule has 0 saturated carbocycles. The summed E-state index contributed by atoms with van der Waals surface area (Å²) < 4.78 is 0. The molecule has 0 spiro atoms. The molecular weight excluding hydrogens is 318 g/mol. The van der Waals surface area contributed by atoms with Crippen LogP contribution in [0, 0.1) is 0 Å². The van der Waals surface area contributed by atoms with Gasteiger partial charge >= 0.3 is 0 Å². The second kappa shape index (κ2) is 9.53. The third kappa shape index (κ3) is 5.28. The number of nitrogens with zero attached hydrogens (tertiary/aromatic N) is 1. The van der Waals surface area contributed by atoms with E-state index in [9.17, 15) is 14.7 Å². The number of anilines is 1. The Balaban J connectivity index is 1.97. The van der Waals surface area contributed by atoms with Crippen molar-refractivity contribution in [1.29, 1.82) is 0 Å². The zero-order chi connectivity index (χ0) is 18.2. The number of hydrogen-bond acceptors (Lipinski definition) is 4. The zero-order valence-corrected chi connectivity index (χ0v) is 15.2. The van der Waals surface area contributed by atoms with Crippen LogP contribution in [0.2, 0.25) is 0 Å². The van der Waals surface area contributed by atoms with Gasteiger partial charge in [0.05, 0.1) is 17.9 Å². The van der Waals surface area contributed by atoms with Crippen molar-refractivity contribution < 1.29 is 14.7 Å². The maximum atomic E-state index is 12.4. The molecule has 138 valence electrons. The highest BCUT2D eigenvalue weighted by molar-refractivity contribution is 6.09. The predicted molar refractivity (Wildman–Crippen MR) is 98.5 cm³/mol. The summed E-state index contributed by atoms with van der Waals surface area (Å²) in [5.74, 6) is -0.443. The van der Waals surface area contributed by atoms with Crippen molar-refractivity contribution in [2.45, 2.75) is 52.2 Å². The molecule has 0 bridgehead atoms. The minimum atomic E-state index is -0.525. The second-order valence-corrected chi connectivity index (χ2v) is 6.54. The minimum absolute atomic E-state index is 0.126. The lowest BCUT2D eigenvalue weighted by Crippen LogP contribution is -2.41. The standard InChI is InChI=1S/C19H29N3O3/c1-3-9-22(10-4-2)11-5-6-16-19(25)21-17-12-14(13-23)7-8-15(17)18(24)20-16/h7-8,12,16,23H,3-6,9-11,13H2,1-2H3,(H,20,24)(H,21,25). The van der Waals surface area contributed by atoms with Crippen molar-refractivity contribution in [1.82, 2.24) is 10.2 Å². The molecule has 0 fully saturated rings. The van der Waals surface area contributed by atoms with Gasteiger partial charge in [0.2, 0.25) is 5.91 Å². The van der Waals surface area contributed by atoms with Crippen molar-refractivity contribution in [2.75, 3.05) is 25.0 Å². The highest BCUT2D eigenvalue weighted by Gasteiger charge is 2.27. The molecule has 1 atom stereocenters. The number of carbonyl (C=O) groups is 2. The summed E-state index contributed by atoms with van der Waals surface area (Å²) >= 11 is 0. The number of benzene rings is 1. The van der Waals surface area contributed by atoms with Crippen LogP contribution >= 0.6 is 0 Å². The first-order valence-electron chi connectivity index (χ1n) is 9.16. The van der Waals surface area contributed by atoms with E-state index < -0.39 is 6.04 Å². The van der Waals surface area contributed by atoms with E-state index in [1.54, 1.807) is 18.2 Å². The van der Waals surface area contributed by atoms with E-state index in [0.29, 0.717) is 23.2 Å². The third-order valence-corrected chi connectivity index (χ3v) is 4.44. The lowest BCUT2D eigenvalue weighted by molar-refractivity contribution is -0.118. The first-order chi connectivity index (χ1) is 12.1. The Labute approximate surface area is 149 Å². The van der Waals surface area contributed by atoms with Crippen LogP contribution in [0.3, 0.4) is 0 Å². The SMILES string of the molecule is CCCN(CCC)CCCC1NC(=O)c2ccc(CO)cc2NC1=O. The number of aliphatic hydroxyl groups is 1. The van der Waals surface area contributed by atoms with E-state index in [1.165, 1.54) is 0 Å². The summed E-state index contributed by atoms with van der Waals surface area (Å²) in [6.07, 6.45) is 3.70. The van der Waals surface area contributed by atoms with E-state index in [-0.39, 0.29) is 18.4 Å². The highest BCUT2D eigenvalue weighted by atomic mass is 16.3. The first kappa shape index (κ1) is 19.4. The van der Waals surface area contributed by atoms with Crippen LogP contribution in [0.5, 0.6) is 0 Å². The Morgan fingerprint density at radius 3 is 2.48 bits per heavy atom. The molecule has 6 nitrogen and oxygen atoms in total. The molecule has 1 aliphatic heterocycles. The molecule has 2 amide bonds. The van der Waals surface area contributed by atoms with Gasteiger partial charge in [0.1, 0.15) is 6.04 Å². The maximum Gasteiger partial charge on any atom is 0.254 e. The second-order valence-electron chi connectivity index (χ2n) is 6.54. The summed E-state index contributed by atoms with van der Waals surface area (Å²) in [5, 5.41) is 14.9. The molecule has 3 N–H and O–H groups in total. The fraction of sp³-hybridized carbons (Fsp3) is 0.579. The Bertz CT molecular complexity index is 598. The topological polar surface area (TPSA) is 81.7 Å². The number of aliphatic hydroxyl groups excluding tert-OH is 1. The molecule has 0 aromatic heterocycles. The normalized spacial score (nSPS) is 17.0. The number of nitrogens with one attached hydrogen (secondary N) is 2. The molecule has 25 heavy (non-hydrogen) atoms. The molecule has 6 heteroatoms. The van der Waals surface area contributed by atoms with Crippen molar-refractivity contribution >= 4 is 17.5 Å². The van der Waals surface area contributed by atoms with Gasteiger partial charge in [0.25, 0.3) is 5.91 Å². The van der Waals surface area contributed by atoms with Gasteiger partial charge in [-0.05, 0) is 63.0 Å². The molecular formula is C19H29N3O3. The predicted octanol–water partition coefficient (Wildman–Crippen LogP) is 2.13. The van der Waals surface area contributed by atoms with Gasteiger partial charge in [0.15, 0.2) is 0 Å². The van der Waals surface area contributed by atoms with Crippen molar-refractivity contribution in [3.63, 3.8) is 0 Å². The Kier molecular flexibility index (Phi) is 7.40. The van der Waals surface area contributed by atoms with Gasteiger partial charge in [-0.1, -0.05) is 19.9 Å². The largest absolute Gasteiger partial charge is 0.392 e. The molecule has 1 aromatic carbocycles. The van der Waals surface area contributed by atoms with Crippen LogP contribution in [0.25, 0.3) is 0 Å². The average Bonchev–Trinajstić information content (AvgIpc) is 2.71. The maximum absolute atomic E-state index is 12.4. The van der Waals surface area contributed by atoms with Crippen LogP contribution in [0.15, 0.2) is 18.2 Å². The van der Waals surface area contributed by atoms with Gasteiger partial charge in [-0.25, -0.2) is 0 Å². The van der Waals surface area contributed by atoms with Crippen LogP contribution in [-0.2, 0) is 11.4 Å². The molecule has 0 radical (unpaired) electrons. The molecule has 1 aromatic rings. The van der Waals surface area contributed by atoms with Gasteiger partial charge in [-0.3, -0.25) is 9.59 Å². The van der Waals surface area contributed by atoms with Crippen LogP contribution in [0.1, 0.15) is 55.5 Å². The first-order valence-corrected chi connectivity index (χ1v) is 9.16. The highest BCUT2D eigenvalue weighted by Crippen LogP contribution is 2.21. The van der Waals surface area contributed by atoms with Crippen LogP contribution in [0.4, 0.5) is 5.69 Å². The molecule has 1 unspecified atom stereocenters. The van der Waals surface area contributed by atoms with E-state index in [2.05, 4.69) is 29.4 Å². The average molecular weight is 347 g/mol. The van der Waals surface area contributed by atoms with E-state index in [4.69, 9.17) is 0 Å². The van der Waals surface area contributed by atoms with Crippen LogP contribution in [-0.4, -0.2) is 47.5 Å². The summed E-state index contributed by atoms with van der Waals surface area (Å²) in [6, 6.07) is 4.46. The van der Waals surface area contributed by atoms with Gasteiger partial charge in [0, 0.05) is 0 Å². The minimum Gasteiger partial charge on any atom is -0.392 e. The lowest BCUT2D eigenvalue weighted by atomic mass is 10.1. The number of carbonyl (C=O) groups excluding carboxylic acids is 2. The third-order valence-electron chi connectivity index (χ3n) is 4.44. The molecule has 0 saturated heterocycles. The summed E-state index contributed by atoms with van der Waals surface area (Å²) in [6.45, 7) is 7.26. The van der Waals surface area contributed by atoms with E-state index in [1.807, 2.05) is 0 Å². The Hall–Kier alpha value is -1.92. The Morgan fingerprint density at radius 2 is 1.84 bits per heavy atom. The molecule has 2 rings (SSSR count). The van der Waals surface area contributed by atoms with Crippen LogP contribution < -0.4 is 10.6 Å². The number of fused-ring (bicyclic) bond motifs is 1. The van der Waals surface area contributed by atoms with Gasteiger partial charge in [-0.2, -0.15) is 0 Å². The van der Waals surface area contributed by atoms with Gasteiger partial charge < -0.3 is 20.6 Å². The van der Waals surface area contributed by atoms with Gasteiger partial charge in [-0.15, -0.1) is 0 Å². The summed E-state index contributed by atoms with van der Waals surface area (Å²) in [4.78, 5) is 27.2. The molecule has 0 aliphatic carbocycles. The monoisotopic (exact) mass is 347 g/mol. The van der Waals surface area contributed by atoms with E-state index >= 15 is 0 Å². The smallest absolute Gasteiger partial charge is 0.254 e. The Morgan fingerprint density at radius 1 is 1.12 bits per heavy atom. The fourth-order valence-corrected chi connectivity index (χ4v) is 3.20. The zero-order valence-electron chi connectivity index (χ0n) is 15.2. The number of amides is 2. The number of rotatable bonds is 9. The van der Waals surface area contributed by atoms with Crippen molar-refractivity contribution in [3.8, 4) is 0 Å². The summed E-state index contributed by atoms with van der Waals surface area (Å²) in [7, 11) is 0. The number of hydrogen-bond donors (Lipinski definition) is 3. The quantitative estimate of drug-likeness (QED) is 0.639. The van der Waals surface area contributed by atoms with Crippen molar-refractivity contribution in [2.24, 2.45) is 0 Å². The summed E-state index contributed by atoms with van der Waals surface area (Å²) in [5.41, 5.74) is 1.57. The van der Waals surface area contributed by atoms with E-state index in [0.717, 1.165) is 38.9 Å². The molecule has 1 heterocycles. The van der Waals surface area contributed by atoms with Crippen molar-refractivity contribution in [3.05, 3.63) is 29.3 Å². The fourth-order valence-electron chi connectivity index (χ4n) is 3.20. The molecule has 1 aliphatic rings. The lowest BCUT2D eigenvalue weighted by Gasteiger charge is -2.22.